The van der Waals surface area contributed by atoms with Crippen LogP contribution in [0.2, 0.25) is 0 Å². The fourth-order valence-electron chi connectivity index (χ4n) is 1.32. The summed E-state index contributed by atoms with van der Waals surface area (Å²) in [4.78, 5) is 26.8. The Morgan fingerprint density at radius 2 is 2.24 bits per heavy atom. The van der Waals surface area contributed by atoms with Crippen molar-refractivity contribution in [1.82, 2.24) is 20.2 Å². The molecule has 0 spiro atoms. The summed E-state index contributed by atoms with van der Waals surface area (Å²) in [6, 6.07) is -0.132. The second-order valence-electron chi connectivity index (χ2n) is 4.13. The number of nitrogens with one attached hydrogen (secondary N) is 2. The summed E-state index contributed by atoms with van der Waals surface area (Å²) in [5.41, 5.74) is 0.519. The van der Waals surface area contributed by atoms with E-state index >= 15 is 0 Å². The highest BCUT2D eigenvalue weighted by atomic mass is 16.2. The zero-order valence-electron chi connectivity index (χ0n) is 10.4. The van der Waals surface area contributed by atoms with Crippen LogP contribution in [0.1, 0.15) is 19.4 Å². The van der Waals surface area contributed by atoms with Crippen molar-refractivity contribution >= 4 is 6.03 Å². The van der Waals surface area contributed by atoms with Crippen LogP contribution < -0.4 is 16.2 Å². The Bertz CT molecular complexity index is 439. The maximum atomic E-state index is 11.6. The van der Waals surface area contributed by atoms with Crippen LogP contribution in [0.5, 0.6) is 0 Å². The minimum absolute atomic E-state index is 0.0777. The number of rotatable bonds is 4. The third kappa shape index (κ3) is 4.26. The molecule has 2 amide bonds. The molecule has 0 fully saturated rings. The quantitative estimate of drug-likeness (QED) is 0.790. The minimum Gasteiger partial charge on any atom is -0.336 e. The highest BCUT2D eigenvalue weighted by molar-refractivity contribution is 5.73. The topological polar surface area (TPSA) is 76.0 Å². The van der Waals surface area contributed by atoms with Crippen LogP contribution in [0, 0.1) is 6.92 Å². The normalized spacial score (nSPS) is 10.4. The van der Waals surface area contributed by atoms with E-state index in [1.165, 1.54) is 17.1 Å². The van der Waals surface area contributed by atoms with E-state index in [0.717, 1.165) is 0 Å². The van der Waals surface area contributed by atoms with Crippen molar-refractivity contribution in [2.45, 2.75) is 33.4 Å². The molecule has 0 aliphatic heterocycles. The van der Waals surface area contributed by atoms with E-state index in [4.69, 9.17) is 0 Å². The first kappa shape index (κ1) is 13.2. The van der Waals surface area contributed by atoms with Crippen molar-refractivity contribution in [3.8, 4) is 0 Å². The maximum Gasteiger partial charge on any atom is 0.315 e. The van der Waals surface area contributed by atoms with Gasteiger partial charge in [-0.2, -0.15) is 0 Å². The Kier molecular flexibility index (Phi) is 4.68. The molecule has 1 rings (SSSR count). The molecule has 94 valence electrons. The zero-order valence-corrected chi connectivity index (χ0v) is 10.4. The van der Waals surface area contributed by atoms with Gasteiger partial charge in [-0.25, -0.2) is 9.78 Å². The summed E-state index contributed by atoms with van der Waals surface area (Å²) in [6.45, 7) is 6.29. The molecule has 1 heterocycles. The number of carbonyl (C=O) groups excluding carboxylic acids is 1. The van der Waals surface area contributed by atoms with Gasteiger partial charge in [0.15, 0.2) is 0 Å². The van der Waals surface area contributed by atoms with E-state index in [2.05, 4.69) is 15.6 Å². The highest BCUT2D eigenvalue weighted by Crippen LogP contribution is 1.84. The number of aromatic nitrogens is 2. The van der Waals surface area contributed by atoms with Crippen LogP contribution in [-0.4, -0.2) is 28.2 Å². The Morgan fingerprint density at radius 3 is 2.88 bits per heavy atom. The third-order valence-electron chi connectivity index (χ3n) is 2.13. The van der Waals surface area contributed by atoms with Gasteiger partial charge in [-0.05, 0) is 20.8 Å². The van der Waals surface area contributed by atoms with Crippen molar-refractivity contribution in [3.63, 3.8) is 0 Å². The molecule has 2 N–H and O–H groups in total. The summed E-state index contributed by atoms with van der Waals surface area (Å²) in [5.74, 6) is 0. The van der Waals surface area contributed by atoms with Gasteiger partial charge in [-0.3, -0.25) is 9.36 Å². The molecule has 0 radical (unpaired) electrons. The molecule has 0 aliphatic rings. The fourth-order valence-corrected chi connectivity index (χ4v) is 1.32. The molecule has 17 heavy (non-hydrogen) atoms. The van der Waals surface area contributed by atoms with E-state index in [9.17, 15) is 9.59 Å². The number of nitrogens with zero attached hydrogens (tertiary/aromatic N) is 2. The summed E-state index contributed by atoms with van der Waals surface area (Å²) in [5, 5.41) is 5.37. The molecule has 0 bridgehead atoms. The van der Waals surface area contributed by atoms with Crippen molar-refractivity contribution < 1.29 is 4.79 Å². The summed E-state index contributed by atoms with van der Waals surface area (Å²) < 4.78 is 1.48. The van der Waals surface area contributed by atoms with Crippen LogP contribution in [0.3, 0.4) is 0 Å². The number of carbonyl (C=O) groups is 1. The Balaban J connectivity index is 2.44. The number of aryl methyl sites for hydroxylation is 1. The molecule has 0 saturated heterocycles. The number of hydrogen-bond acceptors (Lipinski definition) is 3. The number of urea groups is 1. The number of amides is 2. The smallest absolute Gasteiger partial charge is 0.315 e. The highest BCUT2D eigenvalue weighted by Gasteiger charge is 2.02. The van der Waals surface area contributed by atoms with Gasteiger partial charge in [0.2, 0.25) is 0 Å². The minimum atomic E-state index is -0.228. The molecular formula is C11H18N4O2. The third-order valence-corrected chi connectivity index (χ3v) is 2.13. The molecule has 6 nitrogen and oxygen atoms in total. The lowest BCUT2D eigenvalue weighted by molar-refractivity contribution is 0.238. The molecule has 0 aromatic carbocycles. The maximum absolute atomic E-state index is 11.6. The van der Waals surface area contributed by atoms with Crippen molar-refractivity contribution in [2.24, 2.45) is 0 Å². The first-order chi connectivity index (χ1) is 8.00. The summed E-state index contributed by atoms with van der Waals surface area (Å²) >= 11 is 0. The van der Waals surface area contributed by atoms with Crippen LogP contribution in [0.15, 0.2) is 17.3 Å². The first-order valence-corrected chi connectivity index (χ1v) is 5.56. The predicted octanol–water partition coefficient (Wildman–Crippen LogP) is 0.259. The molecule has 1 aromatic rings. The van der Waals surface area contributed by atoms with Gasteiger partial charge >= 0.3 is 6.03 Å². The van der Waals surface area contributed by atoms with Crippen LogP contribution >= 0.6 is 0 Å². The van der Waals surface area contributed by atoms with Crippen molar-refractivity contribution in [1.29, 1.82) is 0 Å². The Morgan fingerprint density at radius 1 is 1.53 bits per heavy atom. The predicted molar refractivity (Wildman–Crippen MR) is 64.9 cm³/mol. The first-order valence-electron chi connectivity index (χ1n) is 5.56. The van der Waals surface area contributed by atoms with Gasteiger partial charge in [0.1, 0.15) is 0 Å². The molecule has 0 aliphatic carbocycles. The van der Waals surface area contributed by atoms with Gasteiger partial charge in [0.05, 0.1) is 6.33 Å². The number of hydrogen-bond donors (Lipinski definition) is 2. The van der Waals surface area contributed by atoms with E-state index in [1.807, 2.05) is 13.8 Å². The largest absolute Gasteiger partial charge is 0.336 e. The monoisotopic (exact) mass is 238 g/mol. The summed E-state index contributed by atoms with van der Waals surface area (Å²) in [7, 11) is 0. The lowest BCUT2D eigenvalue weighted by Crippen LogP contribution is -2.41. The van der Waals surface area contributed by atoms with Crippen LogP contribution in [0.25, 0.3) is 0 Å². The molecule has 0 atom stereocenters. The zero-order chi connectivity index (χ0) is 12.8. The second kappa shape index (κ2) is 6.03. The van der Waals surface area contributed by atoms with E-state index in [0.29, 0.717) is 18.7 Å². The van der Waals surface area contributed by atoms with Crippen LogP contribution in [0.4, 0.5) is 4.79 Å². The molecule has 0 saturated carbocycles. The SMILES string of the molecule is Cc1cncn(CCNC(=O)NC(C)C)c1=O. The Hall–Kier alpha value is -1.85. The van der Waals surface area contributed by atoms with Gasteiger partial charge < -0.3 is 10.6 Å². The van der Waals surface area contributed by atoms with E-state index in [1.54, 1.807) is 6.92 Å². The Labute approximate surface area is 100 Å². The fraction of sp³-hybridized carbons (Fsp3) is 0.545. The second-order valence-corrected chi connectivity index (χ2v) is 4.13. The lowest BCUT2D eigenvalue weighted by Gasteiger charge is -2.10. The lowest BCUT2D eigenvalue weighted by atomic mass is 10.4. The van der Waals surface area contributed by atoms with Gasteiger partial charge in [-0.15, -0.1) is 0 Å². The van der Waals surface area contributed by atoms with Gasteiger partial charge in [-0.1, -0.05) is 0 Å². The van der Waals surface area contributed by atoms with E-state index in [-0.39, 0.29) is 17.6 Å². The van der Waals surface area contributed by atoms with E-state index < -0.39 is 0 Å². The summed E-state index contributed by atoms with van der Waals surface area (Å²) in [6.07, 6.45) is 3.00. The van der Waals surface area contributed by atoms with Crippen molar-refractivity contribution in [3.05, 3.63) is 28.4 Å². The standard InChI is InChI=1S/C11H18N4O2/c1-8(2)14-11(17)13-4-5-15-7-12-6-9(3)10(15)16/h6-8H,4-5H2,1-3H3,(H2,13,14,17). The van der Waals surface area contributed by atoms with Gasteiger partial charge in [0.25, 0.3) is 5.56 Å². The van der Waals surface area contributed by atoms with Crippen LogP contribution in [-0.2, 0) is 6.54 Å². The van der Waals surface area contributed by atoms with Gasteiger partial charge in [0, 0.05) is 30.9 Å². The molecule has 1 aromatic heterocycles. The van der Waals surface area contributed by atoms with Crippen molar-refractivity contribution in [2.75, 3.05) is 6.54 Å². The molecule has 6 heteroatoms. The molecular weight excluding hydrogens is 220 g/mol. The molecule has 0 unspecified atom stereocenters. The average Bonchev–Trinajstić information content (AvgIpc) is 2.23. The average molecular weight is 238 g/mol.